The SMILES string of the molecule is Cl.NCCCNS(=O)(=O)c1c(Cl)ccc(N(C(N)=O)c2ccccc2Br)c1O. The van der Waals surface area contributed by atoms with Gasteiger partial charge in [0.25, 0.3) is 0 Å². The zero-order valence-corrected chi connectivity index (χ0v) is 18.4. The van der Waals surface area contributed by atoms with Crippen molar-refractivity contribution in [2.24, 2.45) is 11.5 Å². The number of aromatic hydroxyl groups is 1. The van der Waals surface area contributed by atoms with Crippen molar-refractivity contribution in [2.45, 2.75) is 11.3 Å². The number of hydrogen-bond donors (Lipinski definition) is 4. The number of nitrogens with zero attached hydrogens (tertiary/aromatic N) is 1. The number of hydrogen-bond acceptors (Lipinski definition) is 5. The fourth-order valence-electron chi connectivity index (χ4n) is 2.35. The molecule has 0 saturated heterocycles. The maximum absolute atomic E-state index is 12.6. The second-order valence-electron chi connectivity index (χ2n) is 5.41. The molecule has 2 amide bonds. The van der Waals surface area contributed by atoms with Crippen molar-refractivity contribution < 1.29 is 18.3 Å². The Kier molecular flexibility index (Phi) is 8.99. The van der Waals surface area contributed by atoms with E-state index in [1.54, 1.807) is 24.3 Å². The molecular formula is C16H19BrCl2N4O4S. The molecule has 2 rings (SSSR count). The highest BCUT2D eigenvalue weighted by atomic mass is 79.9. The topological polar surface area (TPSA) is 139 Å². The lowest BCUT2D eigenvalue weighted by Crippen LogP contribution is -2.32. The lowest BCUT2D eigenvalue weighted by Gasteiger charge is -2.24. The number of urea groups is 1. The van der Waals surface area contributed by atoms with Crippen LogP contribution in [-0.4, -0.2) is 32.6 Å². The van der Waals surface area contributed by atoms with Crippen LogP contribution in [-0.2, 0) is 10.0 Å². The van der Waals surface area contributed by atoms with Crippen molar-refractivity contribution in [1.82, 2.24) is 4.72 Å². The predicted molar refractivity (Wildman–Crippen MR) is 115 cm³/mol. The summed E-state index contributed by atoms with van der Waals surface area (Å²) in [4.78, 5) is 12.5. The van der Waals surface area contributed by atoms with Crippen LogP contribution in [0.5, 0.6) is 5.75 Å². The van der Waals surface area contributed by atoms with Crippen molar-refractivity contribution in [2.75, 3.05) is 18.0 Å². The van der Waals surface area contributed by atoms with Crippen LogP contribution in [0.25, 0.3) is 0 Å². The fraction of sp³-hybridized carbons (Fsp3) is 0.188. The molecule has 0 spiro atoms. The normalized spacial score (nSPS) is 11.0. The summed E-state index contributed by atoms with van der Waals surface area (Å²) in [6, 6.07) is 8.29. The molecule has 0 fully saturated rings. The van der Waals surface area contributed by atoms with E-state index in [4.69, 9.17) is 23.1 Å². The molecule has 28 heavy (non-hydrogen) atoms. The number of amides is 2. The monoisotopic (exact) mass is 512 g/mol. The van der Waals surface area contributed by atoms with Gasteiger partial charge in [0.2, 0.25) is 10.0 Å². The van der Waals surface area contributed by atoms with E-state index in [0.29, 0.717) is 23.1 Å². The van der Waals surface area contributed by atoms with E-state index in [9.17, 15) is 18.3 Å². The van der Waals surface area contributed by atoms with Crippen LogP contribution in [0.2, 0.25) is 5.02 Å². The molecule has 0 atom stereocenters. The highest BCUT2D eigenvalue weighted by molar-refractivity contribution is 9.10. The number of carbonyl (C=O) groups excluding carboxylic acids is 1. The van der Waals surface area contributed by atoms with Crippen LogP contribution in [0, 0.1) is 0 Å². The number of anilines is 2. The summed E-state index contributed by atoms with van der Waals surface area (Å²) >= 11 is 9.31. The molecule has 0 unspecified atom stereocenters. The molecule has 0 aliphatic carbocycles. The lowest BCUT2D eigenvalue weighted by molar-refractivity contribution is 0.256. The van der Waals surface area contributed by atoms with Crippen LogP contribution in [0.4, 0.5) is 16.2 Å². The van der Waals surface area contributed by atoms with Gasteiger partial charge in [-0.05, 0) is 53.2 Å². The van der Waals surface area contributed by atoms with Gasteiger partial charge < -0.3 is 16.6 Å². The van der Waals surface area contributed by atoms with E-state index in [1.165, 1.54) is 12.1 Å². The number of para-hydroxylation sites is 1. The number of halogens is 3. The van der Waals surface area contributed by atoms with Gasteiger partial charge >= 0.3 is 6.03 Å². The highest BCUT2D eigenvalue weighted by Gasteiger charge is 2.29. The second-order valence-corrected chi connectivity index (χ2v) is 8.37. The Morgan fingerprint density at radius 1 is 1.21 bits per heavy atom. The number of nitrogens with one attached hydrogen (secondary N) is 1. The summed E-state index contributed by atoms with van der Waals surface area (Å²) in [5.41, 5.74) is 11.0. The first-order valence-corrected chi connectivity index (χ1v) is 10.4. The first kappa shape index (κ1) is 24.5. The summed E-state index contributed by atoms with van der Waals surface area (Å²) in [7, 11) is -4.15. The Morgan fingerprint density at radius 2 is 1.86 bits per heavy atom. The van der Waals surface area contributed by atoms with Crippen LogP contribution >= 0.6 is 39.9 Å². The number of phenols is 1. The third-order valence-electron chi connectivity index (χ3n) is 3.56. The standard InChI is InChI=1S/C16H18BrClN4O4S.ClH/c17-10-4-1-2-5-12(10)22(16(20)24)13-7-6-11(18)15(14(13)23)27(25,26)21-9-3-8-19;/h1-2,4-7,21,23H,3,8-9,19H2,(H2,20,24);1H. The van der Waals surface area contributed by atoms with Gasteiger partial charge in [-0.3, -0.25) is 4.90 Å². The lowest BCUT2D eigenvalue weighted by atomic mass is 10.2. The molecule has 0 saturated carbocycles. The molecule has 2 aromatic carbocycles. The van der Waals surface area contributed by atoms with Crippen molar-refractivity contribution in [3.63, 3.8) is 0 Å². The summed E-state index contributed by atoms with van der Waals surface area (Å²) in [6.45, 7) is 0.363. The third-order valence-corrected chi connectivity index (χ3v) is 6.19. The molecule has 0 aromatic heterocycles. The minimum atomic E-state index is -4.15. The Morgan fingerprint density at radius 3 is 2.43 bits per heavy atom. The average Bonchev–Trinajstić information content (AvgIpc) is 2.58. The van der Waals surface area contributed by atoms with Gasteiger partial charge in [-0.1, -0.05) is 23.7 Å². The molecular weight excluding hydrogens is 495 g/mol. The first-order valence-electron chi connectivity index (χ1n) is 7.76. The Labute approximate surface area is 182 Å². The predicted octanol–water partition coefficient (Wildman–Crippen LogP) is 3.07. The van der Waals surface area contributed by atoms with E-state index < -0.39 is 26.7 Å². The largest absolute Gasteiger partial charge is 0.504 e. The molecule has 2 aromatic rings. The maximum atomic E-state index is 12.6. The molecule has 0 aliphatic heterocycles. The zero-order valence-electron chi connectivity index (χ0n) is 14.4. The van der Waals surface area contributed by atoms with Gasteiger partial charge in [-0.25, -0.2) is 17.9 Å². The smallest absolute Gasteiger partial charge is 0.324 e. The molecule has 154 valence electrons. The van der Waals surface area contributed by atoms with Gasteiger partial charge in [0.15, 0.2) is 5.75 Å². The average molecular weight is 514 g/mol. The Bertz CT molecular complexity index is 960. The van der Waals surface area contributed by atoms with E-state index in [-0.39, 0.29) is 29.7 Å². The molecule has 6 N–H and O–H groups in total. The number of primary amides is 1. The molecule has 0 radical (unpaired) electrons. The summed E-state index contributed by atoms with van der Waals surface area (Å²) in [5, 5.41) is 10.4. The highest BCUT2D eigenvalue weighted by Crippen LogP contribution is 2.42. The third kappa shape index (κ3) is 5.28. The van der Waals surface area contributed by atoms with Gasteiger partial charge in [-0.15, -0.1) is 12.4 Å². The number of benzene rings is 2. The van der Waals surface area contributed by atoms with Crippen molar-refractivity contribution in [3.8, 4) is 5.75 Å². The van der Waals surface area contributed by atoms with E-state index >= 15 is 0 Å². The van der Waals surface area contributed by atoms with E-state index in [0.717, 1.165) is 4.90 Å². The van der Waals surface area contributed by atoms with Crippen LogP contribution < -0.4 is 21.1 Å². The van der Waals surface area contributed by atoms with Gasteiger partial charge in [0.05, 0.1) is 16.4 Å². The van der Waals surface area contributed by atoms with Crippen molar-refractivity contribution >= 4 is 67.4 Å². The molecule has 8 nitrogen and oxygen atoms in total. The molecule has 0 aliphatic rings. The Hall–Kier alpha value is -1.56. The fourth-order valence-corrected chi connectivity index (χ4v) is 4.51. The summed E-state index contributed by atoms with van der Waals surface area (Å²) < 4.78 is 27.9. The first-order chi connectivity index (χ1) is 12.7. The molecule has 12 heteroatoms. The number of rotatable bonds is 7. The summed E-state index contributed by atoms with van der Waals surface area (Å²) in [6.07, 6.45) is 0.404. The van der Waals surface area contributed by atoms with Gasteiger partial charge in [-0.2, -0.15) is 0 Å². The van der Waals surface area contributed by atoms with Gasteiger partial charge in [0.1, 0.15) is 4.90 Å². The number of sulfonamides is 1. The maximum Gasteiger partial charge on any atom is 0.324 e. The zero-order chi connectivity index (χ0) is 20.2. The van der Waals surface area contributed by atoms with Crippen molar-refractivity contribution in [1.29, 1.82) is 0 Å². The van der Waals surface area contributed by atoms with Crippen LogP contribution in [0.3, 0.4) is 0 Å². The minimum absolute atomic E-state index is 0. The summed E-state index contributed by atoms with van der Waals surface area (Å²) in [5.74, 6) is -0.697. The van der Waals surface area contributed by atoms with Gasteiger partial charge in [0, 0.05) is 11.0 Å². The van der Waals surface area contributed by atoms with Crippen LogP contribution in [0.15, 0.2) is 45.8 Å². The molecule has 0 heterocycles. The molecule has 0 bridgehead atoms. The number of nitrogens with two attached hydrogens (primary N) is 2. The van der Waals surface area contributed by atoms with E-state index in [1.807, 2.05) is 0 Å². The Balaban J connectivity index is 0.00000392. The van der Waals surface area contributed by atoms with E-state index in [2.05, 4.69) is 20.7 Å². The number of phenolic OH excluding ortho intramolecular Hbond substituents is 1. The second kappa shape index (κ2) is 10.3. The number of carbonyl (C=O) groups is 1. The van der Waals surface area contributed by atoms with Crippen LogP contribution in [0.1, 0.15) is 6.42 Å². The van der Waals surface area contributed by atoms with Crippen molar-refractivity contribution in [3.05, 3.63) is 45.9 Å². The quantitative estimate of drug-likeness (QED) is 0.421. The minimum Gasteiger partial charge on any atom is -0.504 e.